The summed E-state index contributed by atoms with van der Waals surface area (Å²) in [5.41, 5.74) is 0. The van der Waals surface area contributed by atoms with Crippen LogP contribution >= 0.6 is 0 Å². The average Bonchev–Trinajstić information content (AvgIpc) is 2.83. The molecule has 1 aromatic rings. The Kier molecular flexibility index (Phi) is 4.08. The quantitative estimate of drug-likeness (QED) is 0.915. The van der Waals surface area contributed by atoms with E-state index in [-0.39, 0.29) is 0 Å². The van der Waals surface area contributed by atoms with E-state index in [9.17, 15) is 5.11 Å². The lowest BCUT2D eigenvalue weighted by Gasteiger charge is -2.34. The Balaban J connectivity index is 1.59. The number of aliphatic hydroxyl groups excluding tert-OH is 1. The standard InChI is InChI=1S/C15H26N4O/c1-11(2)18-8-6-12(7-9-18)10-13-16-14-4-3-5-15(20)19(14)17-13/h11-12,15,20H,3-10H2,1-2H3. The van der Waals surface area contributed by atoms with Crippen LogP contribution in [0.15, 0.2) is 0 Å². The van der Waals surface area contributed by atoms with Crippen molar-refractivity contribution >= 4 is 0 Å². The number of hydrogen-bond donors (Lipinski definition) is 1. The van der Waals surface area contributed by atoms with Crippen molar-refractivity contribution in [1.82, 2.24) is 19.7 Å². The molecule has 0 spiro atoms. The molecule has 2 aliphatic rings. The molecule has 5 heteroatoms. The zero-order valence-corrected chi connectivity index (χ0v) is 12.6. The molecule has 2 aliphatic heterocycles. The largest absolute Gasteiger partial charge is 0.372 e. The molecule has 1 fully saturated rings. The molecule has 0 bridgehead atoms. The predicted octanol–water partition coefficient (Wildman–Crippen LogP) is 1.77. The Labute approximate surface area is 121 Å². The normalized spacial score (nSPS) is 25.1. The zero-order valence-electron chi connectivity index (χ0n) is 12.6. The van der Waals surface area contributed by atoms with Crippen LogP contribution in [0.1, 0.15) is 57.4 Å². The predicted molar refractivity (Wildman–Crippen MR) is 77.4 cm³/mol. The fourth-order valence-corrected chi connectivity index (χ4v) is 3.40. The third-order valence-corrected chi connectivity index (χ3v) is 4.74. The molecule has 1 saturated heterocycles. The first-order valence-electron chi connectivity index (χ1n) is 8.00. The van der Waals surface area contributed by atoms with Crippen molar-refractivity contribution in [2.24, 2.45) is 5.92 Å². The number of nitrogens with zero attached hydrogens (tertiary/aromatic N) is 4. The fraction of sp³-hybridized carbons (Fsp3) is 0.867. The number of likely N-dealkylation sites (tertiary alicyclic amines) is 1. The molecule has 0 aliphatic carbocycles. The van der Waals surface area contributed by atoms with Gasteiger partial charge in [-0.15, -0.1) is 0 Å². The highest BCUT2D eigenvalue weighted by molar-refractivity contribution is 4.98. The average molecular weight is 278 g/mol. The van der Waals surface area contributed by atoms with E-state index in [1.807, 2.05) is 0 Å². The van der Waals surface area contributed by atoms with Crippen molar-refractivity contribution < 1.29 is 5.11 Å². The second kappa shape index (κ2) is 5.82. The number of rotatable bonds is 3. The van der Waals surface area contributed by atoms with Gasteiger partial charge in [-0.05, 0) is 58.5 Å². The third kappa shape index (κ3) is 2.88. The minimum atomic E-state index is -0.456. The second-order valence-electron chi connectivity index (χ2n) is 6.54. The van der Waals surface area contributed by atoms with Crippen LogP contribution < -0.4 is 0 Å². The number of aryl methyl sites for hydroxylation is 1. The molecule has 0 amide bonds. The van der Waals surface area contributed by atoms with Crippen molar-refractivity contribution in [2.45, 2.75) is 64.6 Å². The van der Waals surface area contributed by atoms with Crippen molar-refractivity contribution in [2.75, 3.05) is 13.1 Å². The monoisotopic (exact) mass is 278 g/mol. The van der Waals surface area contributed by atoms with E-state index < -0.39 is 6.23 Å². The first kappa shape index (κ1) is 14.0. The Morgan fingerprint density at radius 2 is 2.00 bits per heavy atom. The fourth-order valence-electron chi connectivity index (χ4n) is 3.40. The van der Waals surface area contributed by atoms with Gasteiger partial charge in [0.2, 0.25) is 0 Å². The van der Waals surface area contributed by atoms with Crippen molar-refractivity contribution in [3.05, 3.63) is 11.6 Å². The maximum absolute atomic E-state index is 9.93. The maximum atomic E-state index is 9.93. The Hall–Kier alpha value is -0.940. The van der Waals surface area contributed by atoms with Gasteiger partial charge in [0, 0.05) is 18.9 Å². The number of piperidine rings is 1. The van der Waals surface area contributed by atoms with Gasteiger partial charge in [-0.25, -0.2) is 9.67 Å². The first-order valence-corrected chi connectivity index (χ1v) is 8.00. The van der Waals surface area contributed by atoms with Gasteiger partial charge in [0.15, 0.2) is 5.82 Å². The molecule has 20 heavy (non-hydrogen) atoms. The molecule has 3 heterocycles. The molecule has 0 aromatic carbocycles. The van der Waals surface area contributed by atoms with Crippen LogP contribution in [0, 0.1) is 5.92 Å². The lowest BCUT2D eigenvalue weighted by Crippen LogP contribution is -2.38. The van der Waals surface area contributed by atoms with Gasteiger partial charge in [0.1, 0.15) is 12.1 Å². The summed E-state index contributed by atoms with van der Waals surface area (Å²) < 4.78 is 1.74. The smallest absolute Gasteiger partial charge is 0.151 e. The third-order valence-electron chi connectivity index (χ3n) is 4.74. The zero-order chi connectivity index (χ0) is 14.1. The lowest BCUT2D eigenvalue weighted by molar-refractivity contribution is 0.0642. The van der Waals surface area contributed by atoms with Crippen LogP contribution in [0.4, 0.5) is 0 Å². The molecule has 3 rings (SSSR count). The lowest BCUT2D eigenvalue weighted by atomic mass is 9.93. The second-order valence-corrected chi connectivity index (χ2v) is 6.54. The van der Waals surface area contributed by atoms with Crippen molar-refractivity contribution in [3.63, 3.8) is 0 Å². The van der Waals surface area contributed by atoms with Crippen LogP contribution in [0.2, 0.25) is 0 Å². The minimum Gasteiger partial charge on any atom is -0.372 e. The molecule has 1 atom stereocenters. The van der Waals surface area contributed by atoms with Gasteiger partial charge in [-0.2, -0.15) is 5.10 Å². The summed E-state index contributed by atoms with van der Waals surface area (Å²) in [6.45, 7) is 6.93. The molecule has 1 N–H and O–H groups in total. The van der Waals surface area contributed by atoms with Crippen LogP contribution in [0.3, 0.4) is 0 Å². The molecule has 1 aromatic heterocycles. The van der Waals surface area contributed by atoms with Gasteiger partial charge in [-0.1, -0.05) is 0 Å². The number of aliphatic hydroxyl groups is 1. The van der Waals surface area contributed by atoms with E-state index in [2.05, 4.69) is 28.8 Å². The summed E-state index contributed by atoms with van der Waals surface area (Å²) in [7, 11) is 0. The van der Waals surface area contributed by atoms with Gasteiger partial charge in [0.25, 0.3) is 0 Å². The number of aromatic nitrogens is 3. The summed E-state index contributed by atoms with van der Waals surface area (Å²) in [5.74, 6) is 2.61. The summed E-state index contributed by atoms with van der Waals surface area (Å²) in [4.78, 5) is 7.18. The highest BCUT2D eigenvalue weighted by Crippen LogP contribution is 2.24. The summed E-state index contributed by atoms with van der Waals surface area (Å²) in [5, 5.41) is 14.5. The van der Waals surface area contributed by atoms with E-state index in [4.69, 9.17) is 0 Å². The molecular formula is C15H26N4O. The molecular weight excluding hydrogens is 252 g/mol. The topological polar surface area (TPSA) is 54.2 Å². The molecule has 5 nitrogen and oxygen atoms in total. The maximum Gasteiger partial charge on any atom is 0.151 e. The van der Waals surface area contributed by atoms with Crippen molar-refractivity contribution in [1.29, 1.82) is 0 Å². The summed E-state index contributed by atoms with van der Waals surface area (Å²) in [6, 6.07) is 0.657. The Bertz CT molecular complexity index is 449. The highest BCUT2D eigenvalue weighted by Gasteiger charge is 2.25. The van der Waals surface area contributed by atoms with E-state index in [0.29, 0.717) is 12.0 Å². The highest BCUT2D eigenvalue weighted by atomic mass is 16.3. The molecule has 0 saturated carbocycles. The molecule has 0 radical (unpaired) electrons. The van der Waals surface area contributed by atoms with Gasteiger partial charge in [-0.3, -0.25) is 0 Å². The van der Waals surface area contributed by atoms with Gasteiger partial charge in [0.05, 0.1) is 0 Å². The minimum absolute atomic E-state index is 0.456. The number of hydrogen-bond acceptors (Lipinski definition) is 4. The molecule has 1 unspecified atom stereocenters. The van der Waals surface area contributed by atoms with Crippen molar-refractivity contribution in [3.8, 4) is 0 Å². The Morgan fingerprint density at radius 3 is 2.65 bits per heavy atom. The van der Waals surface area contributed by atoms with Crippen LogP contribution in [0.5, 0.6) is 0 Å². The summed E-state index contributed by atoms with van der Waals surface area (Å²) >= 11 is 0. The van der Waals surface area contributed by atoms with E-state index in [0.717, 1.165) is 37.3 Å². The van der Waals surface area contributed by atoms with Crippen LogP contribution in [-0.2, 0) is 12.8 Å². The number of fused-ring (bicyclic) bond motifs is 1. The van der Waals surface area contributed by atoms with Crippen LogP contribution in [0.25, 0.3) is 0 Å². The van der Waals surface area contributed by atoms with E-state index in [1.54, 1.807) is 4.68 Å². The van der Waals surface area contributed by atoms with Gasteiger partial charge < -0.3 is 10.0 Å². The molecule has 112 valence electrons. The Morgan fingerprint density at radius 1 is 1.25 bits per heavy atom. The van der Waals surface area contributed by atoms with E-state index >= 15 is 0 Å². The first-order chi connectivity index (χ1) is 9.63. The van der Waals surface area contributed by atoms with E-state index in [1.165, 1.54) is 25.9 Å². The SMILES string of the molecule is CC(C)N1CCC(Cc2nc3n(n2)C(O)CCC3)CC1. The van der Waals surface area contributed by atoms with Crippen LogP contribution in [-0.4, -0.2) is 43.9 Å². The van der Waals surface area contributed by atoms with Gasteiger partial charge >= 0.3 is 0 Å². The summed E-state index contributed by atoms with van der Waals surface area (Å²) in [6.07, 6.45) is 5.78.